The van der Waals surface area contributed by atoms with Crippen molar-refractivity contribution in [2.24, 2.45) is 0 Å². The maximum absolute atomic E-state index is 11.8. The molecule has 1 rings (SSSR count). The standard InChI is InChI=1S/C11H13BrN2O2/c1-4-7(2)13-10(15)8-5-6-9(12)14-11(8)16-3/h4-7H,1H2,2-3H3,(H,13,15)/t7-/m0/s1. The summed E-state index contributed by atoms with van der Waals surface area (Å²) in [6, 6.07) is 3.25. The zero-order chi connectivity index (χ0) is 12.1. The Morgan fingerprint density at radius 3 is 2.94 bits per heavy atom. The second-order valence-corrected chi connectivity index (χ2v) is 4.00. The quantitative estimate of drug-likeness (QED) is 0.681. The first-order valence-corrected chi connectivity index (χ1v) is 5.51. The summed E-state index contributed by atoms with van der Waals surface area (Å²) >= 11 is 3.21. The number of nitrogens with one attached hydrogen (secondary N) is 1. The molecule has 16 heavy (non-hydrogen) atoms. The van der Waals surface area contributed by atoms with Gasteiger partial charge in [0.05, 0.1) is 7.11 Å². The molecule has 0 aromatic carbocycles. The summed E-state index contributed by atoms with van der Waals surface area (Å²) in [5.41, 5.74) is 0.402. The van der Waals surface area contributed by atoms with Crippen molar-refractivity contribution >= 4 is 21.8 Å². The Morgan fingerprint density at radius 2 is 2.38 bits per heavy atom. The molecule has 1 aromatic heterocycles. The summed E-state index contributed by atoms with van der Waals surface area (Å²) in [5, 5.41) is 2.75. The summed E-state index contributed by atoms with van der Waals surface area (Å²) in [6.45, 7) is 5.43. The van der Waals surface area contributed by atoms with E-state index in [1.165, 1.54) is 7.11 Å². The van der Waals surface area contributed by atoms with Crippen LogP contribution in [0.1, 0.15) is 17.3 Å². The Hall–Kier alpha value is -1.36. The van der Waals surface area contributed by atoms with E-state index in [1.54, 1.807) is 18.2 Å². The highest BCUT2D eigenvalue weighted by atomic mass is 79.9. The van der Waals surface area contributed by atoms with Gasteiger partial charge in [-0.05, 0) is 35.0 Å². The second kappa shape index (κ2) is 5.65. The molecule has 0 aliphatic heterocycles. The Balaban J connectivity index is 2.94. The maximum Gasteiger partial charge on any atom is 0.257 e. The van der Waals surface area contributed by atoms with Crippen LogP contribution in [0.25, 0.3) is 0 Å². The van der Waals surface area contributed by atoms with Crippen LogP contribution in [-0.2, 0) is 0 Å². The van der Waals surface area contributed by atoms with Crippen LogP contribution in [0.3, 0.4) is 0 Å². The minimum absolute atomic E-state index is 0.0964. The third-order valence-corrected chi connectivity index (χ3v) is 2.42. The highest BCUT2D eigenvalue weighted by molar-refractivity contribution is 9.10. The largest absolute Gasteiger partial charge is 0.480 e. The molecule has 86 valence electrons. The number of nitrogens with zero attached hydrogens (tertiary/aromatic N) is 1. The molecule has 1 heterocycles. The minimum atomic E-state index is -0.232. The first-order valence-electron chi connectivity index (χ1n) is 4.72. The van der Waals surface area contributed by atoms with Gasteiger partial charge in [0.2, 0.25) is 5.88 Å². The molecule has 1 atom stereocenters. The van der Waals surface area contributed by atoms with E-state index in [2.05, 4.69) is 32.8 Å². The molecule has 0 unspecified atom stereocenters. The Labute approximate surface area is 103 Å². The number of halogens is 1. The number of ether oxygens (including phenoxy) is 1. The molecule has 0 saturated heterocycles. The summed E-state index contributed by atoms with van der Waals surface area (Å²) in [6.07, 6.45) is 1.65. The zero-order valence-electron chi connectivity index (χ0n) is 9.16. The molecular formula is C11H13BrN2O2. The van der Waals surface area contributed by atoms with Crippen LogP contribution < -0.4 is 10.1 Å². The van der Waals surface area contributed by atoms with E-state index < -0.39 is 0 Å². The fourth-order valence-corrected chi connectivity index (χ4v) is 1.38. The van der Waals surface area contributed by atoms with Crippen molar-refractivity contribution in [3.63, 3.8) is 0 Å². The van der Waals surface area contributed by atoms with Crippen molar-refractivity contribution < 1.29 is 9.53 Å². The van der Waals surface area contributed by atoms with Crippen molar-refractivity contribution in [3.05, 3.63) is 35.0 Å². The van der Waals surface area contributed by atoms with Gasteiger partial charge < -0.3 is 10.1 Å². The van der Waals surface area contributed by atoms with Crippen LogP contribution in [0.5, 0.6) is 5.88 Å². The van der Waals surface area contributed by atoms with E-state index >= 15 is 0 Å². The van der Waals surface area contributed by atoms with E-state index in [9.17, 15) is 4.79 Å². The second-order valence-electron chi connectivity index (χ2n) is 3.19. The molecule has 1 amide bonds. The Bertz CT molecular complexity index is 407. The predicted molar refractivity (Wildman–Crippen MR) is 65.6 cm³/mol. The first-order chi connectivity index (χ1) is 7.58. The van der Waals surface area contributed by atoms with E-state index in [0.717, 1.165) is 0 Å². The van der Waals surface area contributed by atoms with Crippen LogP contribution in [0, 0.1) is 0 Å². The number of methoxy groups -OCH3 is 1. The summed E-state index contributed by atoms with van der Waals surface area (Å²) in [4.78, 5) is 15.9. The van der Waals surface area contributed by atoms with Gasteiger partial charge in [-0.15, -0.1) is 6.58 Å². The van der Waals surface area contributed by atoms with Crippen LogP contribution in [0.2, 0.25) is 0 Å². The SMILES string of the molecule is C=C[C@H](C)NC(=O)c1ccc(Br)nc1OC. The Kier molecular flexibility index (Phi) is 4.49. The lowest BCUT2D eigenvalue weighted by molar-refractivity contribution is 0.0943. The van der Waals surface area contributed by atoms with Gasteiger partial charge in [0, 0.05) is 6.04 Å². The number of hydrogen-bond donors (Lipinski definition) is 1. The molecule has 1 aromatic rings. The van der Waals surface area contributed by atoms with Gasteiger partial charge in [-0.1, -0.05) is 6.08 Å². The average Bonchev–Trinajstić information content (AvgIpc) is 2.28. The number of aromatic nitrogens is 1. The summed E-state index contributed by atoms with van der Waals surface area (Å²) < 4.78 is 5.66. The molecule has 0 aliphatic rings. The molecule has 0 aliphatic carbocycles. The van der Waals surface area contributed by atoms with Gasteiger partial charge in [-0.3, -0.25) is 4.79 Å². The molecule has 5 heteroatoms. The maximum atomic E-state index is 11.8. The van der Waals surface area contributed by atoms with Crippen molar-refractivity contribution in [1.82, 2.24) is 10.3 Å². The number of hydrogen-bond acceptors (Lipinski definition) is 3. The van der Waals surface area contributed by atoms with Crippen LogP contribution in [0.15, 0.2) is 29.4 Å². The highest BCUT2D eigenvalue weighted by Gasteiger charge is 2.14. The molecule has 0 saturated carbocycles. The summed E-state index contributed by atoms with van der Waals surface area (Å²) in [7, 11) is 1.47. The van der Waals surface area contributed by atoms with Gasteiger partial charge in [0.25, 0.3) is 5.91 Å². The van der Waals surface area contributed by atoms with Crippen molar-refractivity contribution in [1.29, 1.82) is 0 Å². The van der Waals surface area contributed by atoms with Crippen LogP contribution >= 0.6 is 15.9 Å². The van der Waals surface area contributed by atoms with Crippen molar-refractivity contribution in [3.8, 4) is 5.88 Å². The lowest BCUT2D eigenvalue weighted by atomic mass is 10.2. The van der Waals surface area contributed by atoms with E-state index in [-0.39, 0.29) is 11.9 Å². The number of pyridine rings is 1. The fraction of sp³-hybridized carbons (Fsp3) is 0.273. The van der Waals surface area contributed by atoms with Gasteiger partial charge in [-0.25, -0.2) is 4.98 Å². The number of carbonyl (C=O) groups excluding carboxylic acids is 1. The van der Waals surface area contributed by atoms with Gasteiger partial charge in [0.1, 0.15) is 10.2 Å². The molecule has 0 bridgehead atoms. The Morgan fingerprint density at radius 1 is 1.69 bits per heavy atom. The normalized spacial score (nSPS) is 11.7. The van der Waals surface area contributed by atoms with Crippen molar-refractivity contribution in [2.75, 3.05) is 7.11 Å². The molecule has 0 radical (unpaired) electrons. The lowest BCUT2D eigenvalue weighted by Gasteiger charge is -2.11. The molecule has 0 spiro atoms. The summed E-state index contributed by atoms with van der Waals surface area (Å²) in [5.74, 6) is 0.0624. The molecule has 0 fully saturated rings. The topological polar surface area (TPSA) is 51.2 Å². The van der Waals surface area contributed by atoms with Crippen molar-refractivity contribution in [2.45, 2.75) is 13.0 Å². The minimum Gasteiger partial charge on any atom is -0.480 e. The van der Waals surface area contributed by atoms with Crippen LogP contribution in [0.4, 0.5) is 0 Å². The zero-order valence-corrected chi connectivity index (χ0v) is 10.7. The smallest absolute Gasteiger partial charge is 0.257 e. The molecule has 4 nitrogen and oxygen atoms in total. The molecular weight excluding hydrogens is 272 g/mol. The lowest BCUT2D eigenvalue weighted by Crippen LogP contribution is -2.31. The number of rotatable bonds is 4. The highest BCUT2D eigenvalue weighted by Crippen LogP contribution is 2.18. The van der Waals surface area contributed by atoms with Crippen LogP contribution in [-0.4, -0.2) is 24.0 Å². The van der Waals surface area contributed by atoms with Gasteiger partial charge in [0.15, 0.2) is 0 Å². The predicted octanol–water partition coefficient (Wildman–Crippen LogP) is 2.16. The fourth-order valence-electron chi connectivity index (χ4n) is 1.09. The van der Waals surface area contributed by atoms with E-state index in [1.807, 2.05) is 6.92 Å². The third kappa shape index (κ3) is 3.06. The number of carbonyl (C=O) groups is 1. The van der Waals surface area contributed by atoms with E-state index in [4.69, 9.17) is 4.74 Å². The number of amides is 1. The first kappa shape index (κ1) is 12.7. The third-order valence-electron chi connectivity index (χ3n) is 1.98. The average molecular weight is 285 g/mol. The van der Waals surface area contributed by atoms with Gasteiger partial charge in [-0.2, -0.15) is 0 Å². The van der Waals surface area contributed by atoms with Gasteiger partial charge >= 0.3 is 0 Å². The van der Waals surface area contributed by atoms with E-state index in [0.29, 0.717) is 16.0 Å². The molecule has 1 N–H and O–H groups in total. The monoisotopic (exact) mass is 284 g/mol.